The van der Waals surface area contributed by atoms with Crippen LogP contribution in [0.15, 0.2) is 36.4 Å². The van der Waals surface area contributed by atoms with Crippen molar-refractivity contribution in [2.24, 2.45) is 0 Å². The zero-order valence-corrected chi connectivity index (χ0v) is 17.1. The number of carbonyl (C=O) groups is 2. The zero-order valence-electron chi connectivity index (χ0n) is 16.4. The van der Waals surface area contributed by atoms with Gasteiger partial charge in [-0.25, -0.2) is 4.85 Å². The van der Waals surface area contributed by atoms with E-state index in [9.17, 15) is 14.7 Å². The van der Waals surface area contributed by atoms with Crippen molar-refractivity contribution < 1.29 is 14.7 Å². The van der Waals surface area contributed by atoms with Crippen LogP contribution >= 0.6 is 11.6 Å². The summed E-state index contributed by atoms with van der Waals surface area (Å²) in [6.07, 6.45) is -0.588. The Morgan fingerprint density at radius 1 is 1.23 bits per heavy atom. The minimum absolute atomic E-state index is 0.255. The van der Waals surface area contributed by atoms with E-state index in [4.69, 9.17) is 23.4 Å². The van der Waals surface area contributed by atoms with E-state index in [-0.39, 0.29) is 10.6 Å². The maximum absolute atomic E-state index is 12.6. The molecule has 4 N–H and O–H groups in total. The molecule has 0 aromatic heterocycles. The second kappa shape index (κ2) is 10.3. The molecular weight excluding hydrogens is 406 g/mol. The molecule has 0 heterocycles. The standard InChI is InChI=1S/C21H20ClN5O3/c1-4-15-16(9-10-17(24-3)18(15)22)25-19(12(2)28)21(30)27-26-20(29)14-7-5-13(11-23)6-8-14/h5-10,12,19,25,28H,4H2,1-2H3,(H,26,29)(H,27,30)/t12-,19-/m1/s1. The van der Waals surface area contributed by atoms with Gasteiger partial charge in [0, 0.05) is 11.3 Å². The van der Waals surface area contributed by atoms with E-state index in [1.807, 2.05) is 13.0 Å². The number of nitrogens with zero attached hydrogens (tertiary/aromatic N) is 2. The minimum atomic E-state index is -1.10. The van der Waals surface area contributed by atoms with Gasteiger partial charge in [-0.15, -0.1) is 0 Å². The molecule has 154 valence electrons. The van der Waals surface area contributed by atoms with Crippen LogP contribution in [0.25, 0.3) is 4.85 Å². The topological polar surface area (TPSA) is 119 Å². The van der Waals surface area contributed by atoms with Crippen LogP contribution in [0.1, 0.15) is 35.3 Å². The third-order valence-electron chi connectivity index (χ3n) is 4.35. The highest BCUT2D eigenvalue weighted by molar-refractivity contribution is 6.34. The molecule has 0 radical (unpaired) electrons. The molecule has 0 unspecified atom stereocenters. The number of hydrogen-bond acceptors (Lipinski definition) is 5. The first-order valence-corrected chi connectivity index (χ1v) is 9.43. The average molecular weight is 426 g/mol. The van der Waals surface area contributed by atoms with Crippen molar-refractivity contribution in [1.82, 2.24) is 10.9 Å². The summed E-state index contributed by atoms with van der Waals surface area (Å²) in [6.45, 7) is 10.4. The fourth-order valence-corrected chi connectivity index (χ4v) is 3.05. The molecular formula is C21H20ClN5O3. The highest BCUT2D eigenvalue weighted by Crippen LogP contribution is 2.34. The number of aliphatic hydroxyl groups is 1. The van der Waals surface area contributed by atoms with Gasteiger partial charge >= 0.3 is 0 Å². The first-order chi connectivity index (χ1) is 14.3. The Morgan fingerprint density at radius 2 is 1.90 bits per heavy atom. The predicted molar refractivity (Wildman–Crippen MR) is 113 cm³/mol. The lowest BCUT2D eigenvalue weighted by Gasteiger charge is -2.24. The predicted octanol–water partition coefficient (Wildman–Crippen LogP) is 2.95. The number of hydrogen-bond donors (Lipinski definition) is 4. The molecule has 0 aliphatic heterocycles. The van der Waals surface area contributed by atoms with Crippen molar-refractivity contribution in [2.45, 2.75) is 32.4 Å². The number of benzene rings is 2. The lowest BCUT2D eigenvalue weighted by molar-refractivity contribution is -0.124. The van der Waals surface area contributed by atoms with Crippen LogP contribution in [0.2, 0.25) is 5.02 Å². The molecule has 0 aliphatic rings. The quantitative estimate of drug-likeness (QED) is 0.419. The maximum atomic E-state index is 12.6. The van der Waals surface area contributed by atoms with Gasteiger partial charge in [-0.05, 0) is 49.2 Å². The fraction of sp³-hybridized carbons (Fsp3) is 0.238. The number of rotatable bonds is 6. The van der Waals surface area contributed by atoms with E-state index < -0.39 is 24.0 Å². The van der Waals surface area contributed by atoms with Gasteiger partial charge in [0.1, 0.15) is 6.04 Å². The number of nitriles is 1. The Balaban J connectivity index is 2.12. The van der Waals surface area contributed by atoms with E-state index in [0.717, 1.165) is 0 Å². The fourth-order valence-electron chi connectivity index (χ4n) is 2.71. The van der Waals surface area contributed by atoms with Gasteiger partial charge in [0.2, 0.25) is 5.69 Å². The molecule has 0 bridgehead atoms. The number of carbonyl (C=O) groups excluding carboxylic acids is 2. The van der Waals surface area contributed by atoms with Crippen LogP contribution < -0.4 is 16.2 Å². The van der Waals surface area contributed by atoms with Gasteiger partial charge in [-0.2, -0.15) is 5.26 Å². The van der Waals surface area contributed by atoms with Crippen molar-refractivity contribution in [3.63, 3.8) is 0 Å². The molecule has 2 amide bonds. The molecule has 30 heavy (non-hydrogen) atoms. The Hall–Kier alpha value is -3.59. The minimum Gasteiger partial charge on any atom is -0.391 e. The molecule has 0 saturated carbocycles. The average Bonchev–Trinajstić information content (AvgIpc) is 2.75. The van der Waals surface area contributed by atoms with Crippen molar-refractivity contribution in [2.75, 3.05) is 5.32 Å². The number of aliphatic hydroxyl groups excluding tert-OH is 1. The highest BCUT2D eigenvalue weighted by Gasteiger charge is 2.25. The van der Waals surface area contributed by atoms with Gasteiger partial charge in [0.15, 0.2) is 0 Å². The number of hydrazine groups is 1. The summed E-state index contributed by atoms with van der Waals surface area (Å²) in [7, 11) is 0. The number of amides is 2. The van der Waals surface area contributed by atoms with Gasteiger partial charge < -0.3 is 10.4 Å². The van der Waals surface area contributed by atoms with Crippen molar-refractivity contribution in [1.29, 1.82) is 5.26 Å². The summed E-state index contributed by atoms with van der Waals surface area (Å²) in [5.41, 5.74) is 6.67. The molecule has 2 rings (SSSR count). The zero-order chi connectivity index (χ0) is 22.3. The number of halogens is 1. The van der Waals surface area contributed by atoms with E-state index >= 15 is 0 Å². The molecule has 2 aromatic carbocycles. The lowest BCUT2D eigenvalue weighted by atomic mass is 10.1. The van der Waals surface area contributed by atoms with Crippen LogP contribution in [0.3, 0.4) is 0 Å². The highest BCUT2D eigenvalue weighted by atomic mass is 35.5. The molecule has 9 heteroatoms. The molecule has 2 aromatic rings. The van der Waals surface area contributed by atoms with E-state index in [1.165, 1.54) is 37.3 Å². The largest absolute Gasteiger partial charge is 0.391 e. The molecule has 0 aliphatic carbocycles. The molecule has 0 saturated heterocycles. The third-order valence-corrected chi connectivity index (χ3v) is 4.77. The summed E-state index contributed by atoms with van der Waals surface area (Å²) >= 11 is 6.26. The van der Waals surface area contributed by atoms with Gasteiger partial charge in [0.25, 0.3) is 11.8 Å². The van der Waals surface area contributed by atoms with Gasteiger partial charge in [-0.1, -0.05) is 24.6 Å². The van der Waals surface area contributed by atoms with E-state index in [1.54, 1.807) is 6.07 Å². The summed E-state index contributed by atoms with van der Waals surface area (Å²) in [5.74, 6) is -1.24. The lowest BCUT2D eigenvalue weighted by Crippen LogP contribution is -2.52. The first-order valence-electron chi connectivity index (χ1n) is 9.06. The summed E-state index contributed by atoms with van der Waals surface area (Å²) in [4.78, 5) is 28.1. The molecule has 0 spiro atoms. The van der Waals surface area contributed by atoms with Crippen LogP contribution in [-0.4, -0.2) is 29.1 Å². The summed E-state index contributed by atoms with van der Waals surface area (Å²) in [6, 6.07) is 9.90. The van der Waals surface area contributed by atoms with Crippen molar-refractivity contribution in [3.05, 3.63) is 69.5 Å². The van der Waals surface area contributed by atoms with Crippen molar-refractivity contribution in [3.8, 4) is 6.07 Å². The van der Waals surface area contributed by atoms with Crippen molar-refractivity contribution >= 4 is 34.8 Å². The normalized spacial score (nSPS) is 12.1. The SMILES string of the molecule is [C-]#[N+]c1ccc(N[C@@H](C(=O)NNC(=O)c2ccc(C#N)cc2)[C@@H](C)O)c(CC)c1Cl. The monoisotopic (exact) mass is 425 g/mol. The van der Waals surface area contributed by atoms with E-state index in [2.05, 4.69) is 21.0 Å². The van der Waals surface area contributed by atoms with Gasteiger partial charge in [0.05, 0.1) is 29.3 Å². The summed E-state index contributed by atoms with van der Waals surface area (Å²) in [5, 5.41) is 22.1. The van der Waals surface area contributed by atoms with Crippen LogP contribution in [-0.2, 0) is 11.2 Å². The second-order valence-corrected chi connectivity index (χ2v) is 6.76. The second-order valence-electron chi connectivity index (χ2n) is 6.39. The third kappa shape index (κ3) is 5.26. The Morgan fingerprint density at radius 3 is 2.43 bits per heavy atom. The summed E-state index contributed by atoms with van der Waals surface area (Å²) < 4.78 is 0. The van der Waals surface area contributed by atoms with Crippen LogP contribution in [0, 0.1) is 17.9 Å². The molecule has 2 atom stereocenters. The molecule has 0 fully saturated rings. The molecule has 8 nitrogen and oxygen atoms in total. The Kier molecular flexibility index (Phi) is 7.76. The van der Waals surface area contributed by atoms with Gasteiger partial charge in [-0.3, -0.25) is 20.4 Å². The maximum Gasteiger partial charge on any atom is 0.269 e. The first kappa shape index (κ1) is 22.7. The smallest absolute Gasteiger partial charge is 0.269 e. The number of anilines is 1. The van der Waals surface area contributed by atoms with Crippen LogP contribution in [0.4, 0.5) is 11.4 Å². The van der Waals surface area contributed by atoms with E-state index in [0.29, 0.717) is 28.9 Å². The Bertz CT molecular complexity index is 1020. The number of nitrogens with one attached hydrogen (secondary N) is 3. The van der Waals surface area contributed by atoms with Crippen LogP contribution in [0.5, 0.6) is 0 Å². The Labute approximate surface area is 179 Å².